The Morgan fingerprint density at radius 3 is 2.47 bits per heavy atom. The van der Waals surface area contributed by atoms with Crippen LogP contribution in [0, 0.1) is 5.92 Å². The summed E-state index contributed by atoms with van der Waals surface area (Å²) < 4.78 is 25.5. The van der Waals surface area contributed by atoms with Gasteiger partial charge >= 0.3 is 0 Å². The standard InChI is InChI=1S/C26H33ClN4O4S/c1-36(34,35)28-17-25(32)30-15-14-29(18-20-6-3-2-4-7-20)12-5-13-31(26(33)21-8-9-21)24-16-23(27)11-10-22(24)19-30/h2-4,6-7,10-11,16,21,28H,5,8-9,12-15,17-19H2,1H3. The van der Waals surface area contributed by atoms with Gasteiger partial charge in [0, 0.05) is 50.2 Å². The fourth-order valence-electron chi connectivity index (χ4n) is 4.45. The van der Waals surface area contributed by atoms with Crippen molar-refractivity contribution in [3.63, 3.8) is 0 Å². The molecule has 1 saturated carbocycles. The van der Waals surface area contributed by atoms with Crippen molar-refractivity contribution >= 4 is 39.1 Å². The third-order valence-corrected chi connectivity index (χ3v) is 7.43. The lowest BCUT2D eigenvalue weighted by molar-refractivity contribution is -0.130. The Balaban J connectivity index is 1.64. The van der Waals surface area contributed by atoms with Crippen molar-refractivity contribution in [2.24, 2.45) is 5.92 Å². The summed E-state index contributed by atoms with van der Waals surface area (Å²) in [6.07, 6.45) is 3.61. The first-order valence-corrected chi connectivity index (χ1v) is 14.5. The molecule has 4 rings (SSSR count). The number of hydrogen-bond acceptors (Lipinski definition) is 5. The van der Waals surface area contributed by atoms with Crippen LogP contribution in [-0.4, -0.2) is 69.0 Å². The molecular formula is C26H33ClN4O4S. The minimum absolute atomic E-state index is 0.0408. The van der Waals surface area contributed by atoms with Crippen LogP contribution in [0.25, 0.3) is 0 Å². The van der Waals surface area contributed by atoms with Crippen molar-refractivity contribution in [2.75, 3.05) is 43.9 Å². The van der Waals surface area contributed by atoms with Crippen molar-refractivity contribution in [2.45, 2.75) is 32.4 Å². The van der Waals surface area contributed by atoms with Gasteiger partial charge in [0.25, 0.3) is 0 Å². The fraction of sp³-hybridized carbons (Fsp3) is 0.462. The van der Waals surface area contributed by atoms with E-state index in [0.29, 0.717) is 24.7 Å². The minimum atomic E-state index is -3.51. The van der Waals surface area contributed by atoms with Crippen molar-refractivity contribution in [3.8, 4) is 0 Å². The highest BCUT2D eigenvalue weighted by Gasteiger charge is 2.35. The van der Waals surface area contributed by atoms with E-state index in [9.17, 15) is 18.0 Å². The zero-order chi connectivity index (χ0) is 25.7. The second-order valence-electron chi connectivity index (χ2n) is 9.56. The topological polar surface area (TPSA) is 90.0 Å². The number of rotatable bonds is 6. The number of hydrogen-bond donors (Lipinski definition) is 1. The van der Waals surface area contributed by atoms with Crippen LogP contribution >= 0.6 is 11.6 Å². The van der Waals surface area contributed by atoms with E-state index in [4.69, 9.17) is 11.6 Å². The molecule has 2 aromatic carbocycles. The Morgan fingerprint density at radius 1 is 1.03 bits per heavy atom. The number of carbonyl (C=O) groups is 2. The van der Waals surface area contributed by atoms with Crippen molar-refractivity contribution in [3.05, 3.63) is 64.7 Å². The summed E-state index contributed by atoms with van der Waals surface area (Å²) in [5, 5.41) is 0.527. The Labute approximate surface area is 218 Å². The number of halogens is 1. The lowest BCUT2D eigenvalue weighted by Crippen LogP contribution is -2.43. The highest BCUT2D eigenvalue weighted by atomic mass is 35.5. The first kappa shape index (κ1) is 26.6. The molecule has 0 atom stereocenters. The average molecular weight is 533 g/mol. The van der Waals surface area contributed by atoms with E-state index in [1.165, 1.54) is 5.56 Å². The lowest BCUT2D eigenvalue weighted by Gasteiger charge is -2.28. The van der Waals surface area contributed by atoms with Crippen LogP contribution in [0.1, 0.15) is 30.4 Å². The van der Waals surface area contributed by atoms with Gasteiger partial charge in [-0.15, -0.1) is 0 Å². The Bertz CT molecular complexity index is 1190. The van der Waals surface area contributed by atoms with Gasteiger partial charge in [0.15, 0.2) is 0 Å². The second kappa shape index (κ2) is 11.7. The summed E-state index contributed by atoms with van der Waals surface area (Å²) in [6.45, 7) is 3.03. The summed E-state index contributed by atoms with van der Waals surface area (Å²) >= 11 is 6.35. The van der Waals surface area contributed by atoms with Gasteiger partial charge in [0.05, 0.1) is 18.5 Å². The molecule has 194 valence electrons. The highest BCUT2D eigenvalue weighted by Crippen LogP contribution is 2.35. The molecule has 0 aromatic heterocycles. The first-order chi connectivity index (χ1) is 17.2. The number of carbonyl (C=O) groups excluding carboxylic acids is 2. The van der Waals surface area contributed by atoms with Crippen molar-refractivity contribution < 1.29 is 18.0 Å². The monoisotopic (exact) mass is 532 g/mol. The SMILES string of the molecule is CS(=O)(=O)NCC(=O)N1CCN(Cc2ccccc2)CCCN(C(=O)C2CC2)c2cc(Cl)ccc2C1. The molecule has 0 saturated heterocycles. The normalized spacial score (nSPS) is 17.8. The molecule has 1 aliphatic carbocycles. The zero-order valence-electron chi connectivity index (χ0n) is 20.5. The van der Waals surface area contributed by atoms with Gasteiger partial charge in [-0.1, -0.05) is 48.0 Å². The van der Waals surface area contributed by atoms with Crippen LogP contribution in [0.15, 0.2) is 48.5 Å². The van der Waals surface area contributed by atoms with E-state index >= 15 is 0 Å². The summed E-state index contributed by atoms with van der Waals surface area (Å²) in [5.74, 6) is -0.177. The largest absolute Gasteiger partial charge is 0.336 e. The summed E-state index contributed by atoms with van der Waals surface area (Å²) in [7, 11) is -3.51. The molecule has 1 fully saturated rings. The van der Waals surface area contributed by atoms with Gasteiger partial charge < -0.3 is 9.80 Å². The molecule has 0 bridgehead atoms. The van der Waals surface area contributed by atoms with Crippen LogP contribution in [0.3, 0.4) is 0 Å². The molecule has 2 aromatic rings. The molecular weight excluding hydrogens is 500 g/mol. The van der Waals surface area contributed by atoms with Crippen molar-refractivity contribution in [1.29, 1.82) is 0 Å². The van der Waals surface area contributed by atoms with E-state index in [0.717, 1.165) is 49.9 Å². The van der Waals surface area contributed by atoms with Gasteiger partial charge in [0.2, 0.25) is 21.8 Å². The summed E-state index contributed by atoms with van der Waals surface area (Å²) in [6, 6.07) is 15.6. The molecule has 36 heavy (non-hydrogen) atoms. The van der Waals surface area contributed by atoms with Crippen LogP contribution in [-0.2, 0) is 32.7 Å². The summed E-state index contributed by atoms with van der Waals surface area (Å²) in [5.41, 5.74) is 2.72. The molecule has 8 nitrogen and oxygen atoms in total. The average Bonchev–Trinajstić information content (AvgIpc) is 3.68. The maximum atomic E-state index is 13.3. The van der Waals surface area contributed by atoms with Crippen molar-refractivity contribution in [1.82, 2.24) is 14.5 Å². The molecule has 0 unspecified atom stereocenters. The number of fused-ring (bicyclic) bond motifs is 1. The number of sulfonamides is 1. The lowest BCUT2D eigenvalue weighted by atomic mass is 10.1. The molecule has 0 spiro atoms. The molecule has 2 aliphatic rings. The quantitative estimate of drug-likeness (QED) is 0.618. The van der Waals surface area contributed by atoms with Crippen LogP contribution < -0.4 is 9.62 Å². The number of nitrogens with one attached hydrogen (secondary N) is 1. The smallest absolute Gasteiger partial charge is 0.237 e. The zero-order valence-corrected chi connectivity index (χ0v) is 22.1. The van der Waals surface area contributed by atoms with Crippen LogP contribution in [0.5, 0.6) is 0 Å². The maximum Gasteiger partial charge on any atom is 0.237 e. The predicted octanol–water partition coefficient (Wildman–Crippen LogP) is 2.87. The van der Waals surface area contributed by atoms with E-state index in [-0.39, 0.29) is 30.8 Å². The molecule has 10 heteroatoms. The highest BCUT2D eigenvalue weighted by molar-refractivity contribution is 7.88. The van der Waals surface area contributed by atoms with Gasteiger partial charge in [-0.05, 0) is 42.5 Å². The molecule has 1 aliphatic heterocycles. The number of anilines is 1. The number of benzene rings is 2. The third-order valence-electron chi connectivity index (χ3n) is 6.52. The van der Waals surface area contributed by atoms with Gasteiger partial charge in [-0.3, -0.25) is 14.5 Å². The van der Waals surface area contributed by atoms with Gasteiger partial charge in [-0.25, -0.2) is 13.1 Å². The second-order valence-corrected chi connectivity index (χ2v) is 11.8. The number of amides is 2. The number of nitrogens with zero attached hydrogens (tertiary/aromatic N) is 3. The summed E-state index contributed by atoms with van der Waals surface area (Å²) in [4.78, 5) is 32.2. The Hall–Kier alpha value is -2.46. The van der Waals surface area contributed by atoms with Gasteiger partial charge in [0.1, 0.15) is 0 Å². The van der Waals surface area contributed by atoms with Crippen LogP contribution in [0.4, 0.5) is 5.69 Å². The van der Waals surface area contributed by atoms with E-state index in [1.54, 1.807) is 17.0 Å². The maximum absolute atomic E-state index is 13.3. The van der Waals surface area contributed by atoms with Crippen LogP contribution in [0.2, 0.25) is 5.02 Å². The molecule has 2 amide bonds. The third kappa shape index (κ3) is 7.52. The minimum Gasteiger partial charge on any atom is -0.336 e. The Morgan fingerprint density at radius 2 is 1.78 bits per heavy atom. The molecule has 0 radical (unpaired) electrons. The van der Waals surface area contributed by atoms with E-state index in [2.05, 4.69) is 21.8 Å². The first-order valence-electron chi connectivity index (χ1n) is 12.3. The Kier molecular flexibility index (Phi) is 8.66. The van der Waals surface area contributed by atoms with Gasteiger partial charge in [-0.2, -0.15) is 0 Å². The predicted molar refractivity (Wildman–Crippen MR) is 141 cm³/mol. The fourth-order valence-corrected chi connectivity index (χ4v) is 5.00. The van der Waals surface area contributed by atoms with E-state index in [1.807, 2.05) is 29.2 Å². The molecule has 1 heterocycles. The van der Waals surface area contributed by atoms with E-state index < -0.39 is 10.0 Å². The molecule has 1 N–H and O–H groups in total.